The first-order valence-electron chi connectivity index (χ1n) is 11.0. The molecule has 1 aromatic heterocycles. The molecular weight excluding hydrogens is 417 g/mol. The van der Waals surface area contributed by atoms with E-state index in [1.807, 2.05) is 49.1 Å². The van der Waals surface area contributed by atoms with Crippen molar-refractivity contribution in [1.29, 1.82) is 0 Å². The summed E-state index contributed by atoms with van der Waals surface area (Å²) in [5, 5.41) is 4.15. The van der Waals surface area contributed by atoms with Gasteiger partial charge in [0.2, 0.25) is 0 Å². The first-order chi connectivity index (χ1) is 15.9. The lowest BCUT2D eigenvalue weighted by molar-refractivity contribution is 0.193. The second kappa shape index (κ2) is 8.28. The number of carbonyl (C=O) groups excluding carboxylic acids is 1. The number of amides is 2. The number of hydrogen-bond acceptors (Lipinski definition) is 2. The van der Waals surface area contributed by atoms with Crippen LogP contribution in [0, 0.1) is 19.7 Å². The standard InChI is InChI=1S/C27H26FN3O2/c1-16-12-17(2)14-20(13-16)29-27(32)31-11-10-22-23-15-21(33-3)8-9-24(23)30-25(22)26(31)18-4-6-19(28)7-5-18/h4-9,12-15,26,30H,10-11H2,1-3H3,(H,29,32)/t26-/m1/s1. The van der Waals surface area contributed by atoms with E-state index in [1.54, 1.807) is 19.2 Å². The van der Waals surface area contributed by atoms with E-state index in [-0.39, 0.29) is 17.9 Å². The van der Waals surface area contributed by atoms with E-state index in [0.29, 0.717) is 13.0 Å². The van der Waals surface area contributed by atoms with Gasteiger partial charge in [0, 0.05) is 28.8 Å². The van der Waals surface area contributed by atoms with Gasteiger partial charge in [-0.05, 0) is 85.0 Å². The number of benzene rings is 3. The normalized spacial score (nSPS) is 15.4. The number of rotatable bonds is 3. The molecule has 168 valence electrons. The monoisotopic (exact) mass is 443 g/mol. The molecule has 0 radical (unpaired) electrons. The SMILES string of the molecule is COc1ccc2[nH]c3c(c2c1)CCN(C(=O)Nc1cc(C)cc(C)c1)[C@@H]3c1ccc(F)cc1. The Kier molecular flexibility index (Phi) is 5.29. The highest BCUT2D eigenvalue weighted by Crippen LogP contribution is 2.39. The highest BCUT2D eigenvalue weighted by molar-refractivity contribution is 5.92. The molecule has 0 fully saturated rings. The largest absolute Gasteiger partial charge is 0.497 e. The lowest BCUT2D eigenvalue weighted by Crippen LogP contribution is -2.43. The number of aryl methyl sites for hydroxylation is 2. The molecule has 4 aromatic rings. The molecule has 2 amide bonds. The van der Waals surface area contributed by atoms with Crippen molar-refractivity contribution in [1.82, 2.24) is 9.88 Å². The van der Waals surface area contributed by atoms with Crippen LogP contribution in [0.3, 0.4) is 0 Å². The number of methoxy groups -OCH3 is 1. The number of nitrogens with one attached hydrogen (secondary N) is 2. The van der Waals surface area contributed by atoms with Crippen LogP contribution in [0.5, 0.6) is 5.75 Å². The predicted octanol–water partition coefficient (Wildman–Crippen LogP) is 6.11. The summed E-state index contributed by atoms with van der Waals surface area (Å²) in [6, 6.07) is 17.8. The third-order valence-electron chi connectivity index (χ3n) is 6.25. The fraction of sp³-hybridized carbons (Fsp3) is 0.222. The van der Waals surface area contributed by atoms with Crippen molar-refractivity contribution in [3.8, 4) is 5.75 Å². The van der Waals surface area contributed by atoms with Crippen molar-refractivity contribution in [2.45, 2.75) is 26.3 Å². The van der Waals surface area contributed by atoms with Gasteiger partial charge >= 0.3 is 6.03 Å². The maximum atomic E-state index is 13.7. The predicted molar refractivity (Wildman–Crippen MR) is 128 cm³/mol. The molecule has 0 saturated carbocycles. The van der Waals surface area contributed by atoms with Crippen LogP contribution in [0.4, 0.5) is 14.9 Å². The molecule has 1 aliphatic heterocycles. The first kappa shape index (κ1) is 21.1. The van der Waals surface area contributed by atoms with Gasteiger partial charge in [-0.2, -0.15) is 0 Å². The second-order valence-corrected chi connectivity index (χ2v) is 8.63. The van der Waals surface area contributed by atoms with Crippen LogP contribution >= 0.6 is 0 Å². The Hall–Kier alpha value is -3.80. The summed E-state index contributed by atoms with van der Waals surface area (Å²) < 4.78 is 19.1. The zero-order chi connectivity index (χ0) is 23.1. The molecule has 0 unspecified atom stereocenters. The summed E-state index contributed by atoms with van der Waals surface area (Å²) in [5.74, 6) is 0.486. The Morgan fingerprint density at radius 2 is 1.79 bits per heavy atom. The number of ether oxygens (including phenoxy) is 1. The molecule has 5 rings (SSSR count). The molecule has 1 atom stereocenters. The number of fused-ring (bicyclic) bond motifs is 3. The molecule has 6 heteroatoms. The van der Waals surface area contributed by atoms with Crippen LogP contribution < -0.4 is 10.1 Å². The average Bonchev–Trinajstić information content (AvgIpc) is 3.16. The van der Waals surface area contributed by atoms with Gasteiger partial charge in [0.25, 0.3) is 0 Å². The van der Waals surface area contributed by atoms with E-state index in [9.17, 15) is 9.18 Å². The number of anilines is 1. The third-order valence-corrected chi connectivity index (χ3v) is 6.25. The van der Waals surface area contributed by atoms with Crippen molar-refractivity contribution < 1.29 is 13.9 Å². The van der Waals surface area contributed by atoms with Crippen molar-refractivity contribution in [3.05, 3.63) is 94.4 Å². The number of aromatic amines is 1. The molecule has 33 heavy (non-hydrogen) atoms. The number of H-pyrrole nitrogens is 1. The van der Waals surface area contributed by atoms with Crippen molar-refractivity contribution in [2.24, 2.45) is 0 Å². The molecule has 5 nitrogen and oxygen atoms in total. The van der Waals surface area contributed by atoms with Crippen molar-refractivity contribution in [2.75, 3.05) is 19.0 Å². The van der Waals surface area contributed by atoms with Crippen molar-refractivity contribution >= 4 is 22.6 Å². The fourth-order valence-electron chi connectivity index (χ4n) is 4.85. The Labute approximate surface area is 192 Å². The van der Waals surface area contributed by atoms with Gasteiger partial charge in [0.15, 0.2) is 0 Å². The van der Waals surface area contributed by atoms with Crippen molar-refractivity contribution in [3.63, 3.8) is 0 Å². The number of aromatic nitrogens is 1. The zero-order valence-corrected chi connectivity index (χ0v) is 18.9. The van der Waals surface area contributed by atoms with Gasteiger partial charge in [-0.15, -0.1) is 0 Å². The van der Waals surface area contributed by atoms with Crippen LogP contribution in [-0.4, -0.2) is 29.6 Å². The van der Waals surface area contributed by atoms with Gasteiger partial charge in [-0.3, -0.25) is 0 Å². The minimum absolute atomic E-state index is 0.184. The molecule has 0 saturated heterocycles. The lowest BCUT2D eigenvalue weighted by atomic mass is 9.92. The number of halogens is 1. The average molecular weight is 444 g/mol. The molecule has 0 aliphatic carbocycles. The van der Waals surface area contributed by atoms with E-state index >= 15 is 0 Å². The van der Waals surface area contributed by atoms with Gasteiger partial charge in [-0.25, -0.2) is 9.18 Å². The Balaban J connectivity index is 1.58. The Bertz CT molecular complexity index is 1320. The van der Waals surface area contributed by atoms with Gasteiger partial charge < -0.3 is 19.9 Å². The number of urea groups is 1. The molecular formula is C27H26FN3O2. The molecule has 2 heterocycles. The minimum Gasteiger partial charge on any atom is -0.497 e. The molecule has 2 N–H and O–H groups in total. The fourth-order valence-corrected chi connectivity index (χ4v) is 4.85. The van der Waals surface area contributed by atoms with E-state index in [2.05, 4.69) is 16.4 Å². The van der Waals surface area contributed by atoms with E-state index in [0.717, 1.165) is 50.3 Å². The Morgan fingerprint density at radius 3 is 2.48 bits per heavy atom. The highest BCUT2D eigenvalue weighted by atomic mass is 19.1. The topological polar surface area (TPSA) is 57.4 Å². The van der Waals surface area contributed by atoms with Gasteiger partial charge in [0.05, 0.1) is 13.2 Å². The van der Waals surface area contributed by atoms with E-state index < -0.39 is 0 Å². The first-order valence-corrected chi connectivity index (χ1v) is 11.0. The smallest absolute Gasteiger partial charge is 0.322 e. The second-order valence-electron chi connectivity index (χ2n) is 8.63. The highest BCUT2D eigenvalue weighted by Gasteiger charge is 2.34. The summed E-state index contributed by atoms with van der Waals surface area (Å²) in [5.41, 5.74) is 6.90. The lowest BCUT2D eigenvalue weighted by Gasteiger charge is -2.36. The van der Waals surface area contributed by atoms with E-state index in [4.69, 9.17) is 4.74 Å². The van der Waals surface area contributed by atoms with Crippen LogP contribution in [0.1, 0.15) is 34.0 Å². The maximum absolute atomic E-state index is 13.7. The molecule has 1 aliphatic rings. The molecule has 0 spiro atoms. The summed E-state index contributed by atoms with van der Waals surface area (Å²) in [6.45, 7) is 4.56. The van der Waals surface area contributed by atoms with Crippen LogP contribution in [0.15, 0.2) is 60.7 Å². The summed E-state index contributed by atoms with van der Waals surface area (Å²) in [7, 11) is 1.65. The third kappa shape index (κ3) is 3.93. The maximum Gasteiger partial charge on any atom is 0.322 e. The quantitative estimate of drug-likeness (QED) is 0.401. The summed E-state index contributed by atoms with van der Waals surface area (Å²) >= 11 is 0. The van der Waals surface area contributed by atoms with Gasteiger partial charge in [-0.1, -0.05) is 18.2 Å². The van der Waals surface area contributed by atoms with Crippen LogP contribution in [-0.2, 0) is 6.42 Å². The number of nitrogens with zero attached hydrogens (tertiary/aromatic N) is 1. The number of carbonyl (C=O) groups is 1. The zero-order valence-electron chi connectivity index (χ0n) is 18.9. The van der Waals surface area contributed by atoms with E-state index in [1.165, 1.54) is 12.1 Å². The summed E-state index contributed by atoms with van der Waals surface area (Å²) in [4.78, 5) is 18.8. The number of hydrogen-bond donors (Lipinski definition) is 2. The van der Waals surface area contributed by atoms with Crippen LogP contribution in [0.25, 0.3) is 10.9 Å². The summed E-state index contributed by atoms with van der Waals surface area (Å²) in [6.07, 6.45) is 0.709. The Morgan fingerprint density at radius 1 is 1.06 bits per heavy atom. The minimum atomic E-state index is -0.362. The molecule has 3 aromatic carbocycles. The molecule has 0 bridgehead atoms. The van der Waals surface area contributed by atoms with Crippen LogP contribution in [0.2, 0.25) is 0 Å². The van der Waals surface area contributed by atoms with Gasteiger partial charge in [0.1, 0.15) is 11.6 Å².